The van der Waals surface area contributed by atoms with Gasteiger partial charge in [-0.05, 0) is 46.3 Å². The van der Waals surface area contributed by atoms with Crippen LogP contribution in [0.1, 0.15) is 5.56 Å². The number of rotatable bonds is 2. The van der Waals surface area contributed by atoms with Crippen LogP contribution < -0.4 is 5.32 Å². The lowest BCUT2D eigenvalue weighted by atomic mass is 10.2. The van der Waals surface area contributed by atoms with Crippen molar-refractivity contribution >= 4 is 38.3 Å². The number of hydrogen-bond donors (Lipinski definition) is 1. The fourth-order valence-electron chi connectivity index (χ4n) is 1.91. The van der Waals surface area contributed by atoms with Crippen molar-refractivity contribution in [3.05, 3.63) is 52.8 Å². The molecular weight excluding hydrogens is 361 g/mol. The highest BCUT2D eigenvalue weighted by atomic mass is 79.9. The lowest BCUT2D eigenvalue weighted by Crippen LogP contribution is -2.04. The Labute approximate surface area is 131 Å². The van der Waals surface area contributed by atoms with E-state index in [9.17, 15) is 13.2 Å². The van der Waals surface area contributed by atoms with E-state index in [1.807, 2.05) is 6.07 Å². The summed E-state index contributed by atoms with van der Waals surface area (Å²) in [6.45, 7) is 0. The Morgan fingerprint density at radius 1 is 1.05 bits per heavy atom. The van der Waals surface area contributed by atoms with Crippen molar-refractivity contribution in [2.24, 2.45) is 0 Å². The van der Waals surface area contributed by atoms with Crippen LogP contribution in [-0.4, -0.2) is 15.2 Å². The monoisotopic (exact) mass is 368 g/mol. The van der Waals surface area contributed by atoms with Crippen LogP contribution in [0.3, 0.4) is 0 Å². The van der Waals surface area contributed by atoms with Gasteiger partial charge in [-0.2, -0.15) is 18.3 Å². The summed E-state index contributed by atoms with van der Waals surface area (Å²) in [5.41, 5.74) is 0.349. The number of hydrogen-bond acceptors (Lipinski definition) is 4. The van der Waals surface area contributed by atoms with Gasteiger partial charge in [-0.25, -0.2) is 0 Å². The van der Waals surface area contributed by atoms with Gasteiger partial charge in [-0.3, -0.25) is 4.98 Å². The minimum Gasteiger partial charge on any atom is -0.337 e. The van der Waals surface area contributed by atoms with Gasteiger partial charge < -0.3 is 5.32 Å². The van der Waals surface area contributed by atoms with Crippen LogP contribution in [-0.2, 0) is 6.18 Å². The predicted octanol–water partition coefficient (Wildman–Crippen LogP) is 4.55. The van der Waals surface area contributed by atoms with Crippen molar-refractivity contribution in [1.82, 2.24) is 15.2 Å². The fraction of sp³-hybridized carbons (Fsp3) is 0.0714. The van der Waals surface area contributed by atoms with Crippen LogP contribution in [0.5, 0.6) is 0 Å². The number of anilines is 2. The molecule has 0 saturated carbocycles. The summed E-state index contributed by atoms with van der Waals surface area (Å²) in [5.74, 6) is 0.379. The highest BCUT2D eigenvalue weighted by Crippen LogP contribution is 2.30. The van der Waals surface area contributed by atoms with Crippen LogP contribution in [0.2, 0.25) is 0 Å². The molecule has 0 amide bonds. The van der Waals surface area contributed by atoms with E-state index >= 15 is 0 Å². The number of alkyl halides is 3. The van der Waals surface area contributed by atoms with E-state index in [-0.39, 0.29) is 0 Å². The smallest absolute Gasteiger partial charge is 0.337 e. The van der Waals surface area contributed by atoms with E-state index < -0.39 is 11.7 Å². The van der Waals surface area contributed by atoms with Gasteiger partial charge in [0.15, 0.2) is 5.82 Å². The Bertz CT molecular complexity index is 818. The molecule has 1 aromatic carbocycles. The largest absolute Gasteiger partial charge is 0.416 e. The third-order valence-corrected chi connectivity index (χ3v) is 3.37. The number of nitrogens with zero attached hydrogens (tertiary/aromatic N) is 3. The molecular formula is C14H8BrF3N4. The second-order valence-electron chi connectivity index (χ2n) is 4.48. The second kappa shape index (κ2) is 5.53. The standard InChI is InChI=1S/C14H8BrF3N4/c15-10-5-8-6-20-22-13(12(8)19-7-10)21-11-3-1-9(2-4-11)14(16,17)18/h1-7H,(H,21,22). The van der Waals surface area contributed by atoms with Crippen molar-refractivity contribution < 1.29 is 13.2 Å². The molecule has 1 N–H and O–H groups in total. The van der Waals surface area contributed by atoms with Crippen LogP contribution in [0, 0.1) is 0 Å². The van der Waals surface area contributed by atoms with Crippen molar-refractivity contribution in [2.75, 3.05) is 5.32 Å². The van der Waals surface area contributed by atoms with Gasteiger partial charge in [0.2, 0.25) is 0 Å². The van der Waals surface area contributed by atoms with E-state index in [4.69, 9.17) is 0 Å². The van der Waals surface area contributed by atoms with Crippen LogP contribution in [0.15, 0.2) is 47.2 Å². The quantitative estimate of drug-likeness (QED) is 0.720. The predicted molar refractivity (Wildman–Crippen MR) is 79.8 cm³/mol. The number of pyridine rings is 1. The van der Waals surface area contributed by atoms with Gasteiger partial charge in [0.05, 0.1) is 11.8 Å². The normalized spacial score (nSPS) is 11.6. The highest BCUT2D eigenvalue weighted by Gasteiger charge is 2.29. The first-order valence-corrected chi connectivity index (χ1v) is 6.94. The molecule has 0 aliphatic carbocycles. The SMILES string of the molecule is FC(F)(F)c1ccc(Nc2nncc3cc(Br)cnc23)cc1. The van der Waals surface area contributed by atoms with E-state index in [0.717, 1.165) is 22.0 Å². The molecule has 0 saturated heterocycles. The van der Waals surface area contributed by atoms with Gasteiger partial charge >= 0.3 is 6.18 Å². The molecule has 0 bridgehead atoms. The molecule has 0 aliphatic heterocycles. The Morgan fingerprint density at radius 2 is 1.77 bits per heavy atom. The van der Waals surface area contributed by atoms with Crippen molar-refractivity contribution in [1.29, 1.82) is 0 Å². The lowest BCUT2D eigenvalue weighted by Gasteiger charge is -2.09. The zero-order valence-corrected chi connectivity index (χ0v) is 12.5. The molecule has 2 aromatic heterocycles. The molecule has 3 rings (SSSR count). The molecule has 2 heterocycles. The molecule has 22 heavy (non-hydrogen) atoms. The third kappa shape index (κ3) is 3.01. The summed E-state index contributed by atoms with van der Waals surface area (Å²) < 4.78 is 38.4. The molecule has 112 valence electrons. The van der Waals surface area contributed by atoms with Gasteiger partial charge in [-0.1, -0.05) is 0 Å². The van der Waals surface area contributed by atoms with Crippen LogP contribution in [0.25, 0.3) is 10.9 Å². The maximum Gasteiger partial charge on any atom is 0.416 e. The lowest BCUT2D eigenvalue weighted by molar-refractivity contribution is -0.137. The number of nitrogens with one attached hydrogen (secondary N) is 1. The summed E-state index contributed by atoms with van der Waals surface area (Å²) in [5, 5.41) is 11.5. The Balaban J connectivity index is 1.93. The van der Waals surface area contributed by atoms with E-state index in [1.54, 1.807) is 12.4 Å². The number of aromatic nitrogens is 3. The van der Waals surface area contributed by atoms with Gasteiger partial charge in [-0.15, -0.1) is 5.10 Å². The Morgan fingerprint density at radius 3 is 2.45 bits per heavy atom. The van der Waals surface area contributed by atoms with Gasteiger partial charge in [0.1, 0.15) is 5.52 Å². The average Bonchev–Trinajstić information content (AvgIpc) is 2.47. The molecule has 0 radical (unpaired) electrons. The maximum atomic E-state index is 12.5. The molecule has 0 aliphatic rings. The Kier molecular flexibility index (Phi) is 3.69. The Hall–Kier alpha value is -2.22. The topological polar surface area (TPSA) is 50.7 Å². The van der Waals surface area contributed by atoms with Gasteiger partial charge in [0.25, 0.3) is 0 Å². The van der Waals surface area contributed by atoms with Crippen molar-refractivity contribution in [3.63, 3.8) is 0 Å². The summed E-state index contributed by atoms with van der Waals surface area (Å²) >= 11 is 3.31. The molecule has 8 heteroatoms. The maximum absolute atomic E-state index is 12.5. The molecule has 4 nitrogen and oxygen atoms in total. The first-order valence-electron chi connectivity index (χ1n) is 6.15. The first-order chi connectivity index (χ1) is 10.4. The van der Waals surface area contributed by atoms with Crippen LogP contribution >= 0.6 is 15.9 Å². The molecule has 0 unspecified atom stereocenters. The van der Waals surface area contributed by atoms with E-state index in [0.29, 0.717) is 17.0 Å². The minimum atomic E-state index is -4.36. The fourth-order valence-corrected chi connectivity index (χ4v) is 2.26. The average molecular weight is 369 g/mol. The number of halogens is 4. The second-order valence-corrected chi connectivity index (χ2v) is 5.40. The minimum absolute atomic E-state index is 0.379. The zero-order chi connectivity index (χ0) is 15.7. The third-order valence-electron chi connectivity index (χ3n) is 2.94. The van der Waals surface area contributed by atoms with Crippen LogP contribution in [0.4, 0.5) is 24.7 Å². The molecule has 3 aromatic rings. The van der Waals surface area contributed by atoms with E-state index in [1.165, 1.54) is 12.1 Å². The van der Waals surface area contributed by atoms with E-state index in [2.05, 4.69) is 36.4 Å². The molecule has 0 fully saturated rings. The molecule has 0 atom stereocenters. The molecule has 0 spiro atoms. The summed E-state index contributed by atoms with van der Waals surface area (Å²) in [4.78, 5) is 4.24. The number of fused-ring (bicyclic) bond motifs is 1. The summed E-state index contributed by atoms with van der Waals surface area (Å²) in [6.07, 6.45) is -1.18. The number of benzene rings is 1. The van der Waals surface area contributed by atoms with Crippen molar-refractivity contribution in [2.45, 2.75) is 6.18 Å². The first kappa shape index (κ1) is 14.7. The summed E-state index contributed by atoms with van der Waals surface area (Å²) in [6, 6.07) is 6.51. The van der Waals surface area contributed by atoms with Crippen molar-refractivity contribution in [3.8, 4) is 0 Å². The zero-order valence-electron chi connectivity index (χ0n) is 10.9. The summed E-state index contributed by atoms with van der Waals surface area (Å²) in [7, 11) is 0. The van der Waals surface area contributed by atoms with Gasteiger partial charge in [0, 0.05) is 21.7 Å². The highest BCUT2D eigenvalue weighted by molar-refractivity contribution is 9.10.